The predicted octanol–water partition coefficient (Wildman–Crippen LogP) is 6.11. The minimum atomic E-state index is -3.56. The first-order chi connectivity index (χ1) is 19.8. The minimum Gasteiger partial charge on any atom is -0.350 e. The quantitative estimate of drug-likeness (QED) is 0.241. The van der Waals surface area contributed by atoms with Gasteiger partial charge in [-0.25, -0.2) is 8.42 Å². The zero-order valence-corrected chi connectivity index (χ0v) is 27.5. The highest BCUT2D eigenvalue weighted by Gasteiger charge is 2.32. The number of amides is 2. The second-order valence-electron chi connectivity index (χ2n) is 11.6. The van der Waals surface area contributed by atoms with Gasteiger partial charge in [0.15, 0.2) is 0 Å². The Kier molecular flexibility index (Phi) is 11.8. The average Bonchev–Trinajstić information content (AvgIpc) is 2.92. The number of nitrogens with zero attached hydrogens (tertiary/aromatic N) is 2. The molecule has 0 aromatic heterocycles. The second-order valence-corrected chi connectivity index (χ2v) is 14.4. The van der Waals surface area contributed by atoms with Crippen LogP contribution in [0.25, 0.3) is 0 Å². The van der Waals surface area contributed by atoms with Crippen molar-refractivity contribution in [3.8, 4) is 0 Å². The van der Waals surface area contributed by atoms with Crippen molar-refractivity contribution in [3.63, 3.8) is 0 Å². The molecule has 1 atom stereocenters. The predicted molar refractivity (Wildman–Crippen MR) is 174 cm³/mol. The first-order valence-electron chi connectivity index (χ1n) is 14.2. The normalized spacial score (nSPS) is 12.4. The number of halogens is 1. The molecule has 1 N–H and O–H groups in total. The fourth-order valence-corrected chi connectivity index (χ4v) is 6.15. The van der Waals surface area contributed by atoms with E-state index < -0.39 is 21.6 Å². The summed E-state index contributed by atoms with van der Waals surface area (Å²) in [6.07, 6.45) is 2.77. The van der Waals surface area contributed by atoms with Crippen LogP contribution in [0.5, 0.6) is 0 Å². The summed E-state index contributed by atoms with van der Waals surface area (Å²) < 4.78 is 27.6. The molecule has 0 heterocycles. The molecular formula is C33H42BrN3O4S. The van der Waals surface area contributed by atoms with Crippen LogP contribution >= 0.6 is 15.9 Å². The van der Waals surface area contributed by atoms with Gasteiger partial charge in [-0.05, 0) is 74.6 Å². The summed E-state index contributed by atoms with van der Waals surface area (Å²) in [5.74, 6) is -0.446. The van der Waals surface area contributed by atoms with Crippen molar-refractivity contribution in [2.75, 3.05) is 17.1 Å². The summed E-state index contributed by atoms with van der Waals surface area (Å²) in [4.78, 5) is 29.3. The van der Waals surface area contributed by atoms with Crippen LogP contribution < -0.4 is 9.62 Å². The number of hydrogen-bond donors (Lipinski definition) is 1. The number of carbonyl (C=O) groups is 2. The molecule has 3 aromatic rings. The van der Waals surface area contributed by atoms with E-state index in [1.165, 1.54) is 10.6 Å². The van der Waals surface area contributed by atoms with Gasteiger partial charge in [0.2, 0.25) is 21.8 Å². The number of carbonyl (C=O) groups excluding carboxylic acids is 2. The Labute approximate surface area is 259 Å². The topological polar surface area (TPSA) is 86.8 Å². The second kappa shape index (κ2) is 14.8. The molecule has 0 aliphatic rings. The maximum absolute atomic E-state index is 14.0. The molecule has 9 heteroatoms. The molecule has 2 amide bonds. The number of hydrogen-bond acceptors (Lipinski definition) is 4. The van der Waals surface area contributed by atoms with Crippen LogP contribution in [0, 0.1) is 0 Å². The van der Waals surface area contributed by atoms with Gasteiger partial charge in [-0.2, -0.15) is 0 Å². The molecule has 0 aliphatic heterocycles. The van der Waals surface area contributed by atoms with Crippen LogP contribution in [-0.2, 0) is 39.0 Å². The van der Waals surface area contributed by atoms with E-state index >= 15 is 0 Å². The van der Waals surface area contributed by atoms with Crippen LogP contribution in [-0.4, -0.2) is 49.5 Å². The molecule has 3 rings (SSSR count). The maximum atomic E-state index is 14.0. The number of aryl methyl sites for hydroxylation is 1. The van der Waals surface area contributed by atoms with Gasteiger partial charge in [0.05, 0.1) is 11.9 Å². The summed E-state index contributed by atoms with van der Waals surface area (Å²) in [5, 5.41) is 3.07. The van der Waals surface area contributed by atoms with Gasteiger partial charge in [0.25, 0.3) is 0 Å². The SMILES string of the molecule is CCc1ccc(N(CCCC(=O)N(Cc2cccc(Br)c2)[C@H](Cc2ccccc2)C(=O)NC(C)(C)C)S(C)(=O)=O)cc1. The van der Waals surface area contributed by atoms with E-state index in [0.717, 1.165) is 27.6 Å². The van der Waals surface area contributed by atoms with Crippen molar-refractivity contribution in [2.24, 2.45) is 0 Å². The molecule has 0 radical (unpaired) electrons. The Morgan fingerprint density at radius 3 is 2.12 bits per heavy atom. The van der Waals surface area contributed by atoms with Crippen LogP contribution in [0.2, 0.25) is 0 Å². The van der Waals surface area contributed by atoms with Crippen LogP contribution in [0.1, 0.15) is 57.2 Å². The molecule has 3 aromatic carbocycles. The van der Waals surface area contributed by atoms with Crippen LogP contribution in [0.3, 0.4) is 0 Å². The summed E-state index contributed by atoms with van der Waals surface area (Å²) in [6, 6.07) is 24.0. The average molecular weight is 657 g/mol. The van der Waals surface area contributed by atoms with Crippen molar-refractivity contribution in [1.29, 1.82) is 0 Å². The maximum Gasteiger partial charge on any atom is 0.243 e. The fourth-order valence-electron chi connectivity index (χ4n) is 4.74. The van der Waals surface area contributed by atoms with Gasteiger partial charge in [0, 0.05) is 35.9 Å². The number of benzene rings is 3. The van der Waals surface area contributed by atoms with Crippen molar-refractivity contribution < 1.29 is 18.0 Å². The molecular weight excluding hydrogens is 614 g/mol. The molecule has 0 bridgehead atoms. The number of anilines is 1. The van der Waals surface area contributed by atoms with Gasteiger partial charge < -0.3 is 10.2 Å². The third kappa shape index (κ3) is 10.3. The van der Waals surface area contributed by atoms with Crippen molar-refractivity contribution in [2.45, 2.75) is 71.5 Å². The van der Waals surface area contributed by atoms with E-state index in [2.05, 4.69) is 21.2 Å². The Balaban J connectivity index is 1.89. The van der Waals surface area contributed by atoms with Crippen molar-refractivity contribution in [1.82, 2.24) is 10.2 Å². The smallest absolute Gasteiger partial charge is 0.243 e. The Morgan fingerprint density at radius 2 is 1.55 bits per heavy atom. The number of rotatable bonds is 13. The lowest BCUT2D eigenvalue weighted by atomic mass is 10.00. The lowest BCUT2D eigenvalue weighted by molar-refractivity contribution is -0.142. The number of nitrogens with one attached hydrogen (secondary N) is 1. The van der Waals surface area contributed by atoms with E-state index in [1.54, 1.807) is 17.0 Å². The lowest BCUT2D eigenvalue weighted by Crippen LogP contribution is -2.54. The molecule has 0 saturated heterocycles. The van der Waals surface area contributed by atoms with Crippen LogP contribution in [0.15, 0.2) is 83.3 Å². The molecule has 0 fully saturated rings. The summed E-state index contributed by atoms with van der Waals surface area (Å²) in [6.45, 7) is 8.18. The van der Waals surface area contributed by atoms with E-state index in [1.807, 2.05) is 94.4 Å². The van der Waals surface area contributed by atoms with E-state index in [0.29, 0.717) is 18.5 Å². The van der Waals surface area contributed by atoms with E-state index in [9.17, 15) is 18.0 Å². The summed E-state index contributed by atoms with van der Waals surface area (Å²) in [5.41, 5.74) is 3.02. The summed E-state index contributed by atoms with van der Waals surface area (Å²) in [7, 11) is -3.56. The summed E-state index contributed by atoms with van der Waals surface area (Å²) >= 11 is 3.51. The molecule has 0 unspecified atom stereocenters. The highest BCUT2D eigenvalue weighted by molar-refractivity contribution is 9.10. The third-order valence-corrected chi connectivity index (χ3v) is 8.48. The van der Waals surface area contributed by atoms with Crippen molar-refractivity contribution in [3.05, 3.63) is 100 Å². The minimum absolute atomic E-state index is 0.0845. The van der Waals surface area contributed by atoms with E-state index in [4.69, 9.17) is 0 Å². The Bertz CT molecular complexity index is 1440. The molecule has 0 spiro atoms. The monoisotopic (exact) mass is 655 g/mol. The van der Waals surface area contributed by atoms with E-state index in [-0.39, 0.29) is 31.3 Å². The molecule has 42 heavy (non-hydrogen) atoms. The standard InChI is InChI=1S/C33H42BrN3O4S/c1-6-25-17-19-29(20-18-25)37(42(5,40)41)21-11-16-31(38)36(24-27-14-10-15-28(34)22-27)30(32(39)35-33(2,3)4)23-26-12-8-7-9-13-26/h7-10,12-15,17-20,22,30H,6,11,16,21,23-24H2,1-5H3,(H,35,39)/t30-/m1/s1. The highest BCUT2D eigenvalue weighted by Crippen LogP contribution is 2.22. The van der Waals surface area contributed by atoms with Gasteiger partial charge in [-0.1, -0.05) is 77.5 Å². The zero-order valence-electron chi connectivity index (χ0n) is 25.1. The highest BCUT2D eigenvalue weighted by atomic mass is 79.9. The molecule has 226 valence electrons. The van der Waals surface area contributed by atoms with Crippen molar-refractivity contribution >= 4 is 43.5 Å². The van der Waals surface area contributed by atoms with Gasteiger partial charge in [0.1, 0.15) is 6.04 Å². The van der Waals surface area contributed by atoms with Gasteiger partial charge >= 0.3 is 0 Å². The largest absolute Gasteiger partial charge is 0.350 e. The molecule has 0 saturated carbocycles. The fraction of sp³-hybridized carbons (Fsp3) is 0.394. The lowest BCUT2D eigenvalue weighted by Gasteiger charge is -2.34. The molecule has 0 aliphatic carbocycles. The molecule has 7 nitrogen and oxygen atoms in total. The first-order valence-corrected chi connectivity index (χ1v) is 16.9. The number of sulfonamides is 1. The Morgan fingerprint density at radius 1 is 0.905 bits per heavy atom. The zero-order chi connectivity index (χ0) is 30.9. The van der Waals surface area contributed by atoms with Gasteiger partial charge in [-0.3, -0.25) is 13.9 Å². The van der Waals surface area contributed by atoms with Gasteiger partial charge in [-0.15, -0.1) is 0 Å². The van der Waals surface area contributed by atoms with Crippen LogP contribution in [0.4, 0.5) is 5.69 Å². The first kappa shape index (κ1) is 33.3. The Hall–Kier alpha value is -3.17. The third-order valence-electron chi connectivity index (χ3n) is 6.80.